The largest absolute Gasteiger partial charge is 0.356 e. The smallest absolute Gasteiger partial charge is 0.243 e. The van der Waals surface area contributed by atoms with Crippen LogP contribution in [0.15, 0.2) is 29.2 Å². The van der Waals surface area contributed by atoms with E-state index in [-0.39, 0.29) is 10.8 Å². The molecular weight excluding hydrogens is 355 g/mol. The molecule has 1 aliphatic rings. The van der Waals surface area contributed by atoms with Crippen molar-refractivity contribution in [2.75, 3.05) is 19.6 Å². The fourth-order valence-corrected chi connectivity index (χ4v) is 4.64. The number of sulfonamides is 1. The van der Waals surface area contributed by atoms with Gasteiger partial charge in [-0.05, 0) is 55.7 Å². The van der Waals surface area contributed by atoms with E-state index in [1.807, 2.05) is 0 Å². The minimum absolute atomic E-state index is 0.000445. The highest BCUT2D eigenvalue weighted by molar-refractivity contribution is 7.89. The van der Waals surface area contributed by atoms with Gasteiger partial charge in [-0.1, -0.05) is 19.9 Å². The van der Waals surface area contributed by atoms with Crippen molar-refractivity contribution in [1.29, 1.82) is 0 Å². The zero-order valence-corrected chi connectivity index (χ0v) is 16.4. The average molecular weight is 385 g/mol. The van der Waals surface area contributed by atoms with Gasteiger partial charge in [0.15, 0.2) is 0 Å². The van der Waals surface area contributed by atoms with Crippen LogP contribution < -0.4 is 5.32 Å². The molecule has 1 aromatic carbocycles. The van der Waals surface area contributed by atoms with Crippen LogP contribution in [0.1, 0.15) is 46.0 Å². The number of hydrogen-bond donors (Lipinski definition) is 1. The molecule has 0 aliphatic carbocycles. The zero-order chi connectivity index (χ0) is 19.2. The second-order valence-electron chi connectivity index (χ2n) is 7.38. The minimum Gasteiger partial charge on any atom is -0.356 e. The number of rotatable bonds is 8. The fourth-order valence-electron chi connectivity index (χ4n) is 3.14. The lowest BCUT2D eigenvalue weighted by molar-refractivity contribution is -0.121. The maximum atomic E-state index is 13.3. The van der Waals surface area contributed by atoms with Gasteiger partial charge in [-0.2, -0.15) is 4.31 Å². The van der Waals surface area contributed by atoms with Crippen LogP contribution in [-0.4, -0.2) is 38.3 Å². The van der Waals surface area contributed by atoms with E-state index in [4.69, 9.17) is 0 Å². The lowest BCUT2D eigenvalue weighted by Crippen LogP contribution is -2.38. The zero-order valence-electron chi connectivity index (χ0n) is 15.6. The maximum Gasteiger partial charge on any atom is 0.243 e. The van der Waals surface area contributed by atoms with E-state index in [2.05, 4.69) is 19.2 Å². The van der Waals surface area contributed by atoms with E-state index in [1.165, 1.54) is 22.5 Å². The number of carbonyl (C=O) groups is 1. The number of nitrogens with zero attached hydrogens (tertiary/aromatic N) is 1. The number of amides is 1. The topological polar surface area (TPSA) is 66.5 Å². The minimum atomic E-state index is -3.65. The average Bonchev–Trinajstić information content (AvgIpc) is 2.60. The van der Waals surface area contributed by atoms with Gasteiger partial charge in [-0.15, -0.1) is 0 Å². The summed E-state index contributed by atoms with van der Waals surface area (Å²) in [5.74, 6) is 0.439. The summed E-state index contributed by atoms with van der Waals surface area (Å²) in [6.07, 6.45) is 3.70. The van der Waals surface area contributed by atoms with E-state index in [0.717, 1.165) is 31.7 Å². The third-order valence-electron chi connectivity index (χ3n) is 4.83. The van der Waals surface area contributed by atoms with Crippen molar-refractivity contribution >= 4 is 15.9 Å². The van der Waals surface area contributed by atoms with Gasteiger partial charge < -0.3 is 5.32 Å². The maximum absolute atomic E-state index is 13.3. The predicted octanol–water partition coefficient (Wildman–Crippen LogP) is 3.17. The molecule has 1 N–H and O–H groups in total. The van der Waals surface area contributed by atoms with Crippen LogP contribution in [0.3, 0.4) is 0 Å². The van der Waals surface area contributed by atoms with Gasteiger partial charge in [0.2, 0.25) is 15.9 Å². The second kappa shape index (κ2) is 9.46. The SMILES string of the molecule is CC(C)CCNC(=O)CCC1CCN(S(=O)(=O)c2cccc(F)c2)CC1. The Morgan fingerprint density at radius 3 is 2.62 bits per heavy atom. The summed E-state index contributed by atoms with van der Waals surface area (Å²) in [4.78, 5) is 11.9. The van der Waals surface area contributed by atoms with Crippen molar-refractivity contribution in [1.82, 2.24) is 9.62 Å². The Bertz CT molecular complexity index is 698. The molecular formula is C19H29FN2O3S. The summed E-state index contributed by atoms with van der Waals surface area (Å²) < 4.78 is 39.9. The Labute approximate surface area is 156 Å². The number of piperidine rings is 1. The number of benzene rings is 1. The molecule has 1 aliphatic heterocycles. The lowest BCUT2D eigenvalue weighted by Gasteiger charge is -2.31. The summed E-state index contributed by atoms with van der Waals surface area (Å²) in [5.41, 5.74) is 0. The van der Waals surface area contributed by atoms with Gasteiger partial charge in [0, 0.05) is 26.1 Å². The normalized spacial score (nSPS) is 16.8. The van der Waals surface area contributed by atoms with Crippen LogP contribution in [0.4, 0.5) is 4.39 Å². The molecule has 5 nitrogen and oxygen atoms in total. The molecule has 0 aromatic heterocycles. The van der Waals surface area contributed by atoms with E-state index >= 15 is 0 Å². The standard InChI is InChI=1S/C19H29FN2O3S/c1-15(2)8-11-21-19(23)7-6-16-9-12-22(13-10-16)26(24,25)18-5-3-4-17(20)14-18/h3-5,14-16H,6-13H2,1-2H3,(H,21,23). The van der Waals surface area contributed by atoms with Crippen LogP contribution in [0.2, 0.25) is 0 Å². The number of hydrogen-bond acceptors (Lipinski definition) is 3. The van der Waals surface area contributed by atoms with Crippen molar-refractivity contribution in [3.63, 3.8) is 0 Å². The van der Waals surface area contributed by atoms with Gasteiger partial charge in [-0.25, -0.2) is 12.8 Å². The molecule has 0 radical (unpaired) electrons. The van der Waals surface area contributed by atoms with E-state index in [9.17, 15) is 17.6 Å². The summed E-state index contributed by atoms with van der Waals surface area (Å²) in [5, 5.41) is 2.93. The van der Waals surface area contributed by atoms with Crippen molar-refractivity contribution < 1.29 is 17.6 Å². The van der Waals surface area contributed by atoms with Crippen molar-refractivity contribution in [3.8, 4) is 0 Å². The van der Waals surface area contributed by atoms with Gasteiger partial charge in [-0.3, -0.25) is 4.79 Å². The first-order chi connectivity index (χ1) is 12.3. The Kier molecular flexibility index (Phi) is 7.58. The Morgan fingerprint density at radius 2 is 2.00 bits per heavy atom. The number of halogens is 1. The molecule has 0 spiro atoms. The molecule has 1 saturated heterocycles. The second-order valence-corrected chi connectivity index (χ2v) is 9.31. The predicted molar refractivity (Wildman–Crippen MR) is 99.6 cm³/mol. The molecule has 0 saturated carbocycles. The molecule has 7 heteroatoms. The molecule has 2 rings (SSSR count). The highest BCUT2D eigenvalue weighted by Crippen LogP contribution is 2.26. The van der Waals surface area contributed by atoms with Gasteiger partial charge in [0.05, 0.1) is 4.90 Å². The first-order valence-electron chi connectivity index (χ1n) is 9.31. The quantitative estimate of drug-likeness (QED) is 0.749. The lowest BCUT2D eigenvalue weighted by atomic mass is 9.93. The fraction of sp³-hybridized carbons (Fsp3) is 0.632. The van der Waals surface area contributed by atoms with Crippen LogP contribution >= 0.6 is 0 Å². The Hall–Kier alpha value is -1.47. The number of nitrogens with one attached hydrogen (secondary N) is 1. The first-order valence-corrected chi connectivity index (χ1v) is 10.8. The van der Waals surface area contributed by atoms with Crippen molar-refractivity contribution in [3.05, 3.63) is 30.1 Å². The van der Waals surface area contributed by atoms with Crippen molar-refractivity contribution in [2.24, 2.45) is 11.8 Å². The third kappa shape index (κ3) is 6.06. The van der Waals surface area contributed by atoms with E-state index in [1.54, 1.807) is 0 Å². The first kappa shape index (κ1) is 20.8. The van der Waals surface area contributed by atoms with Crippen LogP contribution in [0.25, 0.3) is 0 Å². The summed E-state index contributed by atoms with van der Waals surface area (Å²) in [7, 11) is -3.65. The van der Waals surface area contributed by atoms with Gasteiger partial charge >= 0.3 is 0 Å². The molecule has 1 fully saturated rings. The third-order valence-corrected chi connectivity index (χ3v) is 6.73. The van der Waals surface area contributed by atoms with E-state index < -0.39 is 15.8 Å². The van der Waals surface area contributed by atoms with Gasteiger partial charge in [0.1, 0.15) is 5.82 Å². The molecule has 1 amide bonds. The Balaban J connectivity index is 1.77. The summed E-state index contributed by atoms with van der Waals surface area (Å²) in [6.45, 7) is 5.79. The highest BCUT2D eigenvalue weighted by Gasteiger charge is 2.29. The monoisotopic (exact) mass is 384 g/mol. The van der Waals surface area contributed by atoms with Crippen molar-refractivity contribution in [2.45, 2.75) is 50.8 Å². The molecule has 0 bridgehead atoms. The molecule has 1 aromatic rings. The highest BCUT2D eigenvalue weighted by atomic mass is 32.2. The molecule has 0 atom stereocenters. The number of carbonyl (C=O) groups excluding carboxylic acids is 1. The molecule has 146 valence electrons. The summed E-state index contributed by atoms with van der Waals surface area (Å²) in [6, 6.07) is 5.12. The molecule has 1 heterocycles. The Morgan fingerprint density at radius 1 is 1.31 bits per heavy atom. The molecule has 26 heavy (non-hydrogen) atoms. The molecule has 0 unspecified atom stereocenters. The van der Waals surface area contributed by atoms with Crippen LogP contribution in [-0.2, 0) is 14.8 Å². The van der Waals surface area contributed by atoms with Crippen LogP contribution in [0, 0.1) is 17.7 Å². The van der Waals surface area contributed by atoms with Gasteiger partial charge in [0.25, 0.3) is 0 Å². The van der Waals surface area contributed by atoms with Crippen LogP contribution in [0.5, 0.6) is 0 Å². The van der Waals surface area contributed by atoms with E-state index in [0.29, 0.717) is 37.9 Å². The summed E-state index contributed by atoms with van der Waals surface area (Å²) >= 11 is 0.